The molecule has 0 aromatic heterocycles. The molecule has 0 bridgehead atoms. The summed E-state index contributed by atoms with van der Waals surface area (Å²) >= 11 is 0. The maximum Gasteiger partial charge on any atom is 0.414 e. The van der Waals surface area contributed by atoms with Gasteiger partial charge < -0.3 is 15.1 Å². The van der Waals surface area contributed by atoms with E-state index in [4.69, 9.17) is 19.8 Å². The number of hydrogen-bond acceptors (Lipinski definition) is 3. The second kappa shape index (κ2) is 15.9. The van der Waals surface area contributed by atoms with Gasteiger partial charge in [0.2, 0.25) is 0 Å². The molecule has 0 amide bonds. The molecule has 0 aliphatic rings. The highest BCUT2D eigenvalue weighted by molar-refractivity contribution is 6.27. The first-order valence-corrected chi connectivity index (χ1v) is 4.18. The quantitative estimate of drug-likeness (QED) is 0.752. The first-order chi connectivity index (χ1) is 5.99. The normalized spacial score (nSPS) is 7.73. The van der Waals surface area contributed by atoms with E-state index < -0.39 is 11.9 Å². The molecular formula is C8H19Cl2NO4. The van der Waals surface area contributed by atoms with Gasteiger partial charge in [0.1, 0.15) is 0 Å². The van der Waals surface area contributed by atoms with Crippen LogP contribution in [0.3, 0.4) is 0 Å². The van der Waals surface area contributed by atoms with Crippen molar-refractivity contribution in [3.63, 3.8) is 0 Å². The summed E-state index contributed by atoms with van der Waals surface area (Å²) in [5, 5.41) is 14.8. The summed E-state index contributed by atoms with van der Waals surface area (Å²) in [6.07, 6.45) is 0. The van der Waals surface area contributed by atoms with Crippen LogP contribution in [0.2, 0.25) is 0 Å². The van der Waals surface area contributed by atoms with Gasteiger partial charge in [-0.1, -0.05) is 20.8 Å². The Morgan fingerprint density at radius 1 is 0.867 bits per heavy atom. The Balaban J connectivity index is -0.0000000718. The fraction of sp³-hybridized carbons (Fsp3) is 0.750. The van der Waals surface area contributed by atoms with Crippen LogP contribution in [0, 0.1) is 0 Å². The van der Waals surface area contributed by atoms with Gasteiger partial charge in [-0.05, 0) is 19.6 Å². The number of nitrogens with zero attached hydrogens (tertiary/aromatic N) is 1. The highest BCUT2D eigenvalue weighted by Gasteiger charge is 2.04. The van der Waals surface area contributed by atoms with Crippen molar-refractivity contribution in [3.8, 4) is 0 Å². The van der Waals surface area contributed by atoms with Gasteiger partial charge in [-0.15, -0.1) is 24.8 Å². The first-order valence-electron chi connectivity index (χ1n) is 4.18. The third-order valence-electron chi connectivity index (χ3n) is 1.52. The minimum atomic E-state index is -1.82. The highest BCUT2D eigenvalue weighted by atomic mass is 35.5. The van der Waals surface area contributed by atoms with Crippen molar-refractivity contribution in [1.82, 2.24) is 4.90 Å². The van der Waals surface area contributed by atoms with Crippen LogP contribution in [-0.2, 0) is 9.59 Å². The molecule has 15 heavy (non-hydrogen) atoms. The zero-order valence-corrected chi connectivity index (χ0v) is 10.7. The van der Waals surface area contributed by atoms with E-state index in [-0.39, 0.29) is 24.8 Å². The van der Waals surface area contributed by atoms with Crippen LogP contribution >= 0.6 is 24.8 Å². The number of hydrogen-bond donors (Lipinski definition) is 2. The molecule has 5 nitrogen and oxygen atoms in total. The van der Waals surface area contributed by atoms with Gasteiger partial charge in [0.25, 0.3) is 0 Å². The van der Waals surface area contributed by atoms with Crippen LogP contribution in [0.1, 0.15) is 20.8 Å². The van der Waals surface area contributed by atoms with E-state index in [0.717, 1.165) is 0 Å². The molecule has 0 radical (unpaired) electrons. The number of carbonyl (C=O) groups is 2. The summed E-state index contributed by atoms with van der Waals surface area (Å²) in [6.45, 7) is 10.1. The Morgan fingerprint density at radius 3 is 1.07 bits per heavy atom. The van der Waals surface area contributed by atoms with E-state index in [2.05, 4.69) is 25.7 Å². The molecule has 0 atom stereocenters. The Kier molecular flexibility index (Phi) is 25.4. The molecule has 0 saturated carbocycles. The van der Waals surface area contributed by atoms with Crippen molar-refractivity contribution in [2.24, 2.45) is 0 Å². The molecule has 0 heterocycles. The average Bonchev–Trinajstić information content (AvgIpc) is 2.08. The minimum Gasteiger partial charge on any atom is -0.473 e. The summed E-state index contributed by atoms with van der Waals surface area (Å²) in [7, 11) is 0. The van der Waals surface area contributed by atoms with Gasteiger partial charge in [0.15, 0.2) is 0 Å². The monoisotopic (exact) mass is 263 g/mol. The summed E-state index contributed by atoms with van der Waals surface area (Å²) in [4.78, 5) is 20.6. The Morgan fingerprint density at radius 2 is 1.07 bits per heavy atom. The Bertz CT molecular complexity index is 145. The topological polar surface area (TPSA) is 77.8 Å². The molecule has 0 rings (SSSR count). The zero-order valence-electron chi connectivity index (χ0n) is 9.10. The molecular weight excluding hydrogens is 245 g/mol. The predicted octanol–water partition coefficient (Wildman–Crippen LogP) is 1.35. The third-order valence-corrected chi connectivity index (χ3v) is 1.52. The summed E-state index contributed by atoms with van der Waals surface area (Å²) < 4.78 is 0. The molecule has 0 aliphatic heterocycles. The lowest BCUT2D eigenvalue weighted by atomic mass is 10.5. The van der Waals surface area contributed by atoms with E-state index in [1.165, 1.54) is 19.6 Å². The van der Waals surface area contributed by atoms with E-state index in [9.17, 15) is 0 Å². The SMILES string of the molecule is CCN(CC)CC.Cl.Cl.O=C(O)C(=O)O. The molecule has 0 fully saturated rings. The van der Waals surface area contributed by atoms with Crippen molar-refractivity contribution in [3.05, 3.63) is 0 Å². The third kappa shape index (κ3) is 19.8. The van der Waals surface area contributed by atoms with E-state index in [1.54, 1.807) is 0 Å². The van der Waals surface area contributed by atoms with Crippen LogP contribution in [0.25, 0.3) is 0 Å². The van der Waals surface area contributed by atoms with Crippen LogP contribution in [-0.4, -0.2) is 46.7 Å². The average molecular weight is 264 g/mol. The van der Waals surface area contributed by atoms with Gasteiger partial charge in [-0.25, -0.2) is 9.59 Å². The van der Waals surface area contributed by atoms with Crippen LogP contribution in [0.5, 0.6) is 0 Å². The Labute approximate surface area is 102 Å². The molecule has 0 saturated heterocycles. The second-order valence-corrected chi connectivity index (χ2v) is 2.23. The van der Waals surface area contributed by atoms with Crippen molar-refractivity contribution in [2.45, 2.75) is 20.8 Å². The smallest absolute Gasteiger partial charge is 0.414 e. The lowest BCUT2D eigenvalue weighted by Crippen LogP contribution is -2.21. The Hall–Kier alpha value is -0.520. The van der Waals surface area contributed by atoms with Crippen molar-refractivity contribution in [1.29, 1.82) is 0 Å². The molecule has 0 aliphatic carbocycles. The lowest BCUT2D eigenvalue weighted by molar-refractivity contribution is -0.159. The standard InChI is InChI=1S/C6H15N.C2H2O4.2ClH/c1-4-7(5-2)6-3;3-1(4)2(5)6;;/h4-6H2,1-3H3;(H,3,4)(H,5,6);2*1H. The van der Waals surface area contributed by atoms with Crippen LogP contribution in [0.4, 0.5) is 0 Å². The van der Waals surface area contributed by atoms with Crippen molar-refractivity contribution >= 4 is 36.8 Å². The molecule has 2 N–H and O–H groups in total. The first kappa shape index (κ1) is 24.0. The summed E-state index contributed by atoms with van der Waals surface area (Å²) in [5.41, 5.74) is 0. The lowest BCUT2D eigenvalue weighted by Gasteiger charge is -2.13. The number of carboxylic acids is 2. The number of carboxylic acid groups (broad SMARTS) is 2. The second-order valence-electron chi connectivity index (χ2n) is 2.23. The maximum atomic E-state index is 9.10. The number of rotatable bonds is 3. The zero-order chi connectivity index (χ0) is 10.9. The fourth-order valence-corrected chi connectivity index (χ4v) is 0.671. The maximum absolute atomic E-state index is 9.10. The number of aliphatic carboxylic acids is 2. The predicted molar refractivity (Wildman–Crippen MR) is 63.2 cm³/mol. The van der Waals surface area contributed by atoms with Crippen LogP contribution < -0.4 is 0 Å². The molecule has 7 heteroatoms. The van der Waals surface area contributed by atoms with Gasteiger partial charge >= 0.3 is 11.9 Å². The van der Waals surface area contributed by atoms with E-state index in [0.29, 0.717) is 0 Å². The minimum absolute atomic E-state index is 0. The molecule has 94 valence electrons. The fourth-order valence-electron chi connectivity index (χ4n) is 0.671. The number of halogens is 2. The van der Waals surface area contributed by atoms with Gasteiger partial charge in [0, 0.05) is 0 Å². The highest BCUT2D eigenvalue weighted by Crippen LogP contribution is 1.81. The summed E-state index contributed by atoms with van der Waals surface area (Å²) in [6, 6.07) is 0. The molecule has 0 spiro atoms. The van der Waals surface area contributed by atoms with Crippen molar-refractivity contribution in [2.75, 3.05) is 19.6 Å². The van der Waals surface area contributed by atoms with Gasteiger partial charge in [-0.3, -0.25) is 0 Å². The van der Waals surface area contributed by atoms with Crippen LogP contribution in [0.15, 0.2) is 0 Å². The molecule has 0 aromatic carbocycles. The molecule has 0 unspecified atom stereocenters. The van der Waals surface area contributed by atoms with E-state index in [1.807, 2.05) is 0 Å². The summed E-state index contributed by atoms with van der Waals surface area (Å²) in [5.74, 6) is -3.65. The van der Waals surface area contributed by atoms with Crippen molar-refractivity contribution < 1.29 is 19.8 Å². The largest absolute Gasteiger partial charge is 0.473 e. The van der Waals surface area contributed by atoms with E-state index >= 15 is 0 Å². The molecule has 0 aromatic rings. The van der Waals surface area contributed by atoms with Gasteiger partial charge in [-0.2, -0.15) is 0 Å². The van der Waals surface area contributed by atoms with Gasteiger partial charge in [0.05, 0.1) is 0 Å².